The van der Waals surface area contributed by atoms with Gasteiger partial charge in [-0.3, -0.25) is 4.55 Å². The Labute approximate surface area is 130 Å². The van der Waals surface area contributed by atoms with E-state index in [9.17, 15) is 8.42 Å². The van der Waals surface area contributed by atoms with Crippen molar-refractivity contribution < 1.29 is 13.0 Å². The molecule has 1 aliphatic rings. The molecule has 0 bridgehead atoms. The molecule has 1 saturated carbocycles. The molecule has 0 spiro atoms. The van der Waals surface area contributed by atoms with Crippen molar-refractivity contribution in [1.29, 1.82) is 0 Å². The summed E-state index contributed by atoms with van der Waals surface area (Å²) in [5.74, 6) is 0.496. The zero-order valence-corrected chi connectivity index (χ0v) is 13.9. The highest BCUT2D eigenvalue weighted by Gasteiger charge is 2.71. The highest BCUT2D eigenvalue weighted by molar-refractivity contribution is 7.85. The van der Waals surface area contributed by atoms with E-state index >= 15 is 0 Å². The summed E-state index contributed by atoms with van der Waals surface area (Å²) in [5.41, 5.74) is 0.890. The van der Waals surface area contributed by atoms with Gasteiger partial charge in [-0.2, -0.15) is 8.42 Å². The number of hydrogen-bond acceptors (Lipinski definition) is 2. The van der Waals surface area contributed by atoms with Crippen LogP contribution in [0.5, 0.6) is 0 Å². The second-order valence-corrected chi connectivity index (χ2v) is 8.93. The molecule has 0 aliphatic heterocycles. The molecule has 112 valence electrons. The average Bonchev–Trinajstić information content (AvgIpc) is 2.68. The predicted octanol–water partition coefficient (Wildman–Crippen LogP) is 3.94. The van der Waals surface area contributed by atoms with Crippen molar-refractivity contribution in [3.8, 4) is 0 Å². The fraction of sp³-hybridized carbons (Fsp3) is 0.571. The Morgan fingerprint density at radius 2 is 1.70 bits per heavy atom. The van der Waals surface area contributed by atoms with Gasteiger partial charge < -0.3 is 0 Å². The number of benzene rings is 1. The van der Waals surface area contributed by atoms with Crippen molar-refractivity contribution in [2.75, 3.05) is 0 Å². The average molecular weight is 337 g/mol. The van der Waals surface area contributed by atoms with Crippen LogP contribution in [0.2, 0.25) is 0 Å². The first-order valence-corrected chi connectivity index (χ1v) is 8.62. The van der Waals surface area contributed by atoms with Gasteiger partial charge in [-0.05, 0) is 30.0 Å². The van der Waals surface area contributed by atoms with Gasteiger partial charge in [0.15, 0.2) is 0 Å². The van der Waals surface area contributed by atoms with E-state index in [1.54, 1.807) is 12.1 Å². The Morgan fingerprint density at radius 3 is 2.05 bits per heavy atom. The lowest BCUT2D eigenvalue weighted by atomic mass is 9.92. The molecule has 0 heterocycles. The molecule has 2 rings (SSSR count). The van der Waals surface area contributed by atoms with Crippen LogP contribution < -0.4 is 0 Å². The smallest absolute Gasteiger partial charge is 0.282 e. The molecule has 1 aliphatic carbocycles. The molecular formula is C14H18Cl2O3S. The summed E-state index contributed by atoms with van der Waals surface area (Å²) in [5, 5.41) is 0. The summed E-state index contributed by atoms with van der Waals surface area (Å²) in [6, 6.07) is 6.23. The molecule has 2 atom stereocenters. The zero-order chi connectivity index (χ0) is 15.3. The quantitative estimate of drug-likeness (QED) is 0.669. The Kier molecular flexibility index (Phi) is 3.92. The Balaban J connectivity index is 2.09. The molecule has 2 unspecified atom stereocenters. The van der Waals surface area contributed by atoms with E-state index in [-0.39, 0.29) is 22.1 Å². The fourth-order valence-electron chi connectivity index (χ4n) is 3.05. The lowest BCUT2D eigenvalue weighted by Gasteiger charge is -2.13. The van der Waals surface area contributed by atoms with Crippen molar-refractivity contribution in [1.82, 2.24) is 0 Å². The molecule has 0 amide bonds. The normalized spacial score (nSPS) is 25.2. The summed E-state index contributed by atoms with van der Waals surface area (Å²) < 4.78 is 30.2. The third-order valence-electron chi connectivity index (χ3n) is 4.29. The van der Waals surface area contributed by atoms with Crippen LogP contribution in [0.3, 0.4) is 0 Å². The molecule has 20 heavy (non-hydrogen) atoms. The van der Waals surface area contributed by atoms with Gasteiger partial charge in [0.05, 0.1) is 4.90 Å². The van der Waals surface area contributed by atoms with Gasteiger partial charge in [0.2, 0.25) is 0 Å². The van der Waals surface area contributed by atoms with Gasteiger partial charge in [-0.15, -0.1) is 23.2 Å². The van der Waals surface area contributed by atoms with E-state index in [1.807, 2.05) is 0 Å². The Morgan fingerprint density at radius 1 is 1.25 bits per heavy atom. The van der Waals surface area contributed by atoms with E-state index in [1.165, 1.54) is 12.1 Å². The van der Waals surface area contributed by atoms with Crippen LogP contribution in [0.4, 0.5) is 0 Å². The SMILES string of the molecule is CC(Cc1ccc(S(=O)(=O)O)cc1)C1C(C)(C)C1(Cl)Cl. The minimum Gasteiger partial charge on any atom is -0.282 e. The molecule has 0 aromatic heterocycles. The van der Waals surface area contributed by atoms with Crippen molar-refractivity contribution in [2.24, 2.45) is 17.3 Å². The zero-order valence-electron chi connectivity index (χ0n) is 11.6. The first-order valence-electron chi connectivity index (χ1n) is 6.42. The summed E-state index contributed by atoms with van der Waals surface area (Å²) in [4.78, 5) is -0.0929. The van der Waals surface area contributed by atoms with Gasteiger partial charge in [-0.25, -0.2) is 0 Å². The van der Waals surface area contributed by atoms with Gasteiger partial charge in [0.25, 0.3) is 10.1 Å². The summed E-state index contributed by atoms with van der Waals surface area (Å²) in [7, 11) is -4.13. The molecule has 1 aromatic carbocycles. The highest BCUT2D eigenvalue weighted by atomic mass is 35.5. The largest absolute Gasteiger partial charge is 0.294 e. The number of rotatable bonds is 4. The van der Waals surface area contributed by atoms with Gasteiger partial charge in [0, 0.05) is 11.3 Å². The topological polar surface area (TPSA) is 54.4 Å². The van der Waals surface area contributed by atoms with Crippen molar-refractivity contribution in [3.05, 3.63) is 29.8 Å². The fourth-order valence-corrected chi connectivity index (χ4v) is 4.63. The Hall–Kier alpha value is -0.290. The van der Waals surface area contributed by atoms with Crippen LogP contribution >= 0.6 is 23.2 Å². The van der Waals surface area contributed by atoms with Crippen LogP contribution in [-0.4, -0.2) is 17.3 Å². The summed E-state index contributed by atoms with van der Waals surface area (Å²) >= 11 is 12.6. The maximum atomic E-state index is 11.0. The summed E-state index contributed by atoms with van der Waals surface area (Å²) in [6.07, 6.45) is 0.765. The lowest BCUT2D eigenvalue weighted by Crippen LogP contribution is -2.08. The highest BCUT2D eigenvalue weighted by Crippen LogP contribution is 2.71. The molecule has 1 fully saturated rings. The van der Waals surface area contributed by atoms with Gasteiger partial charge in [0.1, 0.15) is 4.33 Å². The molecule has 1 N–H and O–H groups in total. The van der Waals surface area contributed by atoms with Crippen LogP contribution in [0.1, 0.15) is 26.3 Å². The molecule has 1 aromatic rings. The first kappa shape index (κ1) is 16.1. The third-order valence-corrected chi connectivity index (χ3v) is 6.60. The predicted molar refractivity (Wildman–Crippen MR) is 80.8 cm³/mol. The van der Waals surface area contributed by atoms with E-state index in [4.69, 9.17) is 27.8 Å². The molecule has 6 heteroatoms. The van der Waals surface area contributed by atoms with Gasteiger partial charge >= 0.3 is 0 Å². The minimum atomic E-state index is -4.13. The minimum absolute atomic E-state index is 0.0929. The van der Waals surface area contributed by atoms with Crippen LogP contribution in [-0.2, 0) is 16.5 Å². The third kappa shape index (κ3) is 2.71. The Bertz CT molecular complexity index is 592. The second kappa shape index (κ2) is 4.87. The van der Waals surface area contributed by atoms with E-state index in [0.29, 0.717) is 0 Å². The van der Waals surface area contributed by atoms with Gasteiger partial charge in [-0.1, -0.05) is 32.9 Å². The van der Waals surface area contributed by atoms with Crippen molar-refractivity contribution in [2.45, 2.75) is 36.4 Å². The van der Waals surface area contributed by atoms with E-state index in [0.717, 1.165) is 12.0 Å². The number of alkyl halides is 2. The molecule has 0 radical (unpaired) electrons. The van der Waals surface area contributed by atoms with Crippen LogP contribution in [0.25, 0.3) is 0 Å². The second-order valence-electron chi connectivity index (χ2n) is 6.12. The van der Waals surface area contributed by atoms with Crippen LogP contribution in [0, 0.1) is 17.3 Å². The maximum absolute atomic E-state index is 11.0. The lowest BCUT2D eigenvalue weighted by molar-refractivity contribution is 0.420. The standard InChI is InChI=1S/C14H18Cl2O3S/c1-9(12-13(2,3)14(12,15)16)8-10-4-6-11(7-5-10)20(17,18)19/h4-7,9,12H,8H2,1-3H3,(H,17,18,19). The molecular weight excluding hydrogens is 319 g/mol. The van der Waals surface area contributed by atoms with Crippen LogP contribution in [0.15, 0.2) is 29.2 Å². The van der Waals surface area contributed by atoms with E-state index < -0.39 is 14.5 Å². The maximum Gasteiger partial charge on any atom is 0.294 e. The first-order chi connectivity index (χ1) is 8.98. The number of hydrogen-bond donors (Lipinski definition) is 1. The monoisotopic (exact) mass is 336 g/mol. The van der Waals surface area contributed by atoms with Crippen molar-refractivity contribution in [3.63, 3.8) is 0 Å². The summed E-state index contributed by atoms with van der Waals surface area (Å²) in [6.45, 7) is 6.20. The molecule has 0 saturated heterocycles. The van der Waals surface area contributed by atoms with Crippen molar-refractivity contribution >= 4 is 33.3 Å². The van der Waals surface area contributed by atoms with E-state index in [2.05, 4.69) is 20.8 Å². The molecule has 3 nitrogen and oxygen atoms in total. The number of halogens is 2.